The summed E-state index contributed by atoms with van der Waals surface area (Å²) < 4.78 is 16.7. The maximum Gasteiger partial charge on any atom is 0.211 e. The number of rotatable bonds is 4. The van der Waals surface area contributed by atoms with E-state index in [1.807, 2.05) is 48.0 Å². The zero-order valence-electron chi connectivity index (χ0n) is 14.0. The van der Waals surface area contributed by atoms with Gasteiger partial charge in [0.1, 0.15) is 11.5 Å². The summed E-state index contributed by atoms with van der Waals surface area (Å²) in [5.41, 5.74) is 2.99. The van der Waals surface area contributed by atoms with Crippen molar-refractivity contribution in [2.75, 3.05) is 0 Å². The van der Waals surface area contributed by atoms with E-state index in [0.29, 0.717) is 4.80 Å². The van der Waals surface area contributed by atoms with Gasteiger partial charge in [-0.25, -0.2) is 14.1 Å². The largest absolute Gasteiger partial charge is 0.360 e. The molecular formula is C20H14BrFN4S. The van der Waals surface area contributed by atoms with Crippen molar-refractivity contribution in [3.63, 3.8) is 0 Å². The first-order valence-corrected chi connectivity index (χ1v) is 9.82. The Morgan fingerprint density at radius 1 is 1.04 bits per heavy atom. The molecule has 0 atom stereocenters. The molecule has 4 aromatic rings. The molecule has 27 heavy (non-hydrogen) atoms. The van der Waals surface area contributed by atoms with Crippen LogP contribution in [0.2, 0.25) is 0 Å². The van der Waals surface area contributed by atoms with Crippen LogP contribution < -0.4 is 4.80 Å². The van der Waals surface area contributed by atoms with E-state index >= 15 is 0 Å². The fourth-order valence-corrected chi connectivity index (χ4v) is 3.86. The van der Waals surface area contributed by atoms with Crippen molar-refractivity contribution >= 4 is 39.2 Å². The average Bonchev–Trinajstić information content (AvgIpc) is 3.32. The van der Waals surface area contributed by atoms with E-state index in [1.165, 1.54) is 17.4 Å². The molecule has 4 nitrogen and oxygen atoms in total. The van der Waals surface area contributed by atoms with Gasteiger partial charge >= 0.3 is 0 Å². The van der Waals surface area contributed by atoms with E-state index in [9.17, 15) is 4.39 Å². The molecule has 7 heteroatoms. The number of aromatic amines is 1. The summed E-state index contributed by atoms with van der Waals surface area (Å²) in [4.78, 5) is 8.15. The fourth-order valence-electron chi connectivity index (χ4n) is 2.53. The monoisotopic (exact) mass is 440 g/mol. The molecule has 0 aliphatic rings. The van der Waals surface area contributed by atoms with Gasteiger partial charge in [0.05, 0.1) is 17.6 Å². The second kappa shape index (κ2) is 7.85. The first-order chi connectivity index (χ1) is 13.2. The average molecular weight is 441 g/mol. The van der Waals surface area contributed by atoms with E-state index < -0.39 is 0 Å². The molecular weight excluding hydrogens is 427 g/mol. The van der Waals surface area contributed by atoms with Gasteiger partial charge in [0.15, 0.2) is 0 Å². The third kappa shape index (κ3) is 3.84. The quantitative estimate of drug-likeness (QED) is 0.403. The minimum Gasteiger partial charge on any atom is -0.360 e. The molecule has 0 spiro atoms. The molecule has 2 aromatic heterocycles. The second-order valence-corrected chi connectivity index (χ2v) is 7.32. The predicted octanol–water partition coefficient (Wildman–Crippen LogP) is 5.56. The molecule has 0 aliphatic carbocycles. The Labute approximate surface area is 167 Å². The van der Waals surface area contributed by atoms with Crippen molar-refractivity contribution in [3.8, 4) is 11.3 Å². The van der Waals surface area contributed by atoms with Crippen LogP contribution in [-0.2, 0) is 0 Å². The van der Waals surface area contributed by atoms with Crippen LogP contribution in [0.5, 0.6) is 0 Å². The zero-order chi connectivity index (χ0) is 18.6. The van der Waals surface area contributed by atoms with Crippen LogP contribution in [0.15, 0.2) is 86.8 Å². The zero-order valence-corrected chi connectivity index (χ0v) is 16.4. The van der Waals surface area contributed by atoms with Crippen molar-refractivity contribution in [2.45, 2.75) is 0 Å². The minimum absolute atomic E-state index is 0.279. The Morgan fingerprint density at radius 2 is 1.85 bits per heavy atom. The van der Waals surface area contributed by atoms with Gasteiger partial charge in [0, 0.05) is 21.6 Å². The van der Waals surface area contributed by atoms with Crippen LogP contribution in [0.3, 0.4) is 0 Å². The summed E-state index contributed by atoms with van der Waals surface area (Å²) in [5, 5.41) is 6.55. The summed E-state index contributed by atoms with van der Waals surface area (Å²) in [5.74, 6) is -0.367. The highest BCUT2D eigenvalue weighted by Gasteiger charge is 2.11. The summed E-state index contributed by atoms with van der Waals surface area (Å²) in [6.07, 6.45) is 3.55. The number of halogens is 2. The van der Waals surface area contributed by atoms with E-state index in [-0.39, 0.29) is 11.5 Å². The first-order valence-electron chi connectivity index (χ1n) is 8.15. The Kier molecular flexibility index (Phi) is 5.13. The third-order valence-electron chi connectivity index (χ3n) is 3.84. The molecule has 0 unspecified atom stereocenters. The van der Waals surface area contributed by atoms with Gasteiger partial charge in [-0.3, -0.25) is 0 Å². The lowest BCUT2D eigenvalue weighted by atomic mass is 10.2. The summed E-state index contributed by atoms with van der Waals surface area (Å²) in [7, 11) is 0. The van der Waals surface area contributed by atoms with Gasteiger partial charge in [-0.2, -0.15) is 5.10 Å². The van der Waals surface area contributed by atoms with Gasteiger partial charge in [-0.1, -0.05) is 46.3 Å². The molecule has 1 N–H and O–H groups in total. The molecule has 0 radical (unpaired) electrons. The summed E-state index contributed by atoms with van der Waals surface area (Å²) >= 11 is 4.99. The van der Waals surface area contributed by atoms with Crippen LogP contribution in [0.25, 0.3) is 11.3 Å². The molecule has 2 heterocycles. The Morgan fingerprint density at radius 3 is 2.63 bits per heavy atom. The van der Waals surface area contributed by atoms with E-state index in [0.717, 1.165) is 21.4 Å². The lowest BCUT2D eigenvalue weighted by molar-refractivity contribution is 0.628. The molecule has 0 fully saturated rings. The van der Waals surface area contributed by atoms with Crippen LogP contribution in [-0.4, -0.2) is 15.9 Å². The smallest absolute Gasteiger partial charge is 0.211 e. The molecule has 0 saturated carbocycles. The maximum atomic E-state index is 14.1. The van der Waals surface area contributed by atoms with Crippen LogP contribution >= 0.6 is 27.3 Å². The number of hydrogen-bond acceptors (Lipinski definition) is 3. The lowest BCUT2D eigenvalue weighted by Gasteiger charge is -2.05. The Bertz CT molecular complexity index is 1160. The summed E-state index contributed by atoms with van der Waals surface area (Å²) in [6.45, 7) is 0. The molecule has 0 aliphatic heterocycles. The number of benzene rings is 2. The number of H-pyrrole nitrogens is 1. The molecule has 134 valence electrons. The SMILES string of the molecule is Fc1ccccc1N=c1scc(-c2ccccc2Br)n1N=Cc1ccc[nH]1. The lowest BCUT2D eigenvalue weighted by Crippen LogP contribution is -2.12. The normalized spacial score (nSPS) is 12.1. The molecule has 4 rings (SSSR count). The highest BCUT2D eigenvalue weighted by Crippen LogP contribution is 2.28. The number of nitrogens with zero attached hydrogens (tertiary/aromatic N) is 3. The maximum absolute atomic E-state index is 14.1. The fraction of sp³-hybridized carbons (Fsp3) is 0. The van der Waals surface area contributed by atoms with Crippen molar-refractivity contribution in [1.29, 1.82) is 0 Å². The number of para-hydroxylation sites is 1. The van der Waals surface area contributed by atoms with Crippen molar-refractivity contribution in [1.82, 2.24) is 9.66 Å². The predicted molar refractivity (Wildman–Crippen MR) is 111 cm³/mol. The topological polar surface area (TPSA) is 45.4 Å². The van der Waals surface area contributed by atoms with Crippen molar-refractivity contribution < 1.29 is 4.39 Å². The minimum atomic E-state index is -0.367. The number of aromatic nitrogens is 2. The molecule has 0 bridgehead atoms. The van der Waals surface area contributed by atoms with E-state index in [4.69, 9.17) is 0 Å². The van der Waals surface area contributed by atoms with Crippen LogP contribution in [0, 0.1) is 5.82 Å². The highest BCUT2D eigenvalue weighted by molar-refractivity contribution is 9.10. The second-order valence-electron chi connectivity index (χ2n) is 5.63. The molecule has 0 amide bonds. The van der Waals surface area contributed by atoms with E-state index in [2.05, 4.69) is 31.0 Å². The number of nitrogens with one attached hydrogen (secondary N) is 1. The first kappa shape index (κ1) is 17.6. The Hall–Kier alpha value is -2.77. The third-order valence-corrected chi connectivity index (χ3v) is 5.35. The van der Waals surface area contributed by atoms with E-state index in [1.54, 1.807) is 29.1 Å². The molecule has 2 aromatic carbocycles. The Balaban J connectivity index is 1.90. The van der Waals surface area contributed by atoms with Gasteiger partial charge in [0.25, 0.3) is 0 Å². The van der Waals surface area contributed by atoms with Gasteiger partial charge in [-0.15, -0.1) is 11.3 Å². The van der Waals surface area contributed by atoms with Gasteiger partial charge in [-0.05, 0) is 30.3 Å². The standard InChI is InChI=1S/C20H14BrFN4S/c21-16-8-2-1-7-15(16)19-13-27-20(25-18-10-4-3-9-17(18)22)26(19)24-12-14-6-5-11-23-14/h1-13,23H. The van der Waals surface area contributed by atoms with Crippen LogP contribution in [0.4, 0.5) is 10.1 Å². The van der Waals surface area contributed by atoms with Crippen molar-refractivity contribution in [3.05, 3.63) is 93.0 Å². The molecule has 0 saturated heterocycles. The number of thiazole rings is 1. The van der Waals surface area contributed by atoms with Crippen LogP contribution in [0.1, 0.15) is 5.69 Å². The van der Waals surface area contributed by atoms with Crippen molar-refractivity contribution in [2.24, 2.45) is 10.1 Å². The summed E-state index contributed by atoms with van der Waals surface area (Å²) in [6, 6.07) is 18.2. The number of hydrogen-bond donors (Lipinski definition) is 1. The highest BCUT2D eigenvalue weighted by atomic mass is 79.9. The van der Waals surface area contributed by atoms with Gasteiger partial charge in [0.2, 0.25) is 4.80 Å². The van der Waals surface area contributed by atoms with Gasteiger partial charge < -0.3 is 4.98 Å².